The molecule has 0 bridgehead atoms. The monoisotopic (exact) mass is 568 g/mol. The van der Waals surface area contributed by atoms with Crippen LogP contribution in [-0.2, 0) is 0 Å². The van der Waals surface area contributed by atoms with E-state index < -0.39 is 0 Å². The largest absolute Gasteiger partial charge is 0.396 e. The summed E-state index contributed by atoms with van der Waals surface area (Å²) in [6, 6.07) is 47.2. The smallest absolute Gasteiger partial charge is 0.139 e. The first kappa shape index (κ1) is 25.6. The maximum Gasteiger partial charge on any atom is 0.139 e. The Morgan fingerprint density at radius 2 is 1.11 bits per heavy atom. The van der Waals surface area contributed by atoms with Crippen molar-refractivity contribution in [2.24, 2.45) is 0 Å². The van der Waals surface area contributed by atoms with Crippen LogP contribution < -0.4 is 11.5 Å². The molecule has 8 rings (SSSR count). The van der Waals surface area contributed by atoms with Crippen LogP contribution in [-0.4, -0.2) is 19.1 Å². The molecule has 6 heteroatoms. The van der Waals surface area contributed by atoms with Crippen molar-refractivity contribution in [2.45, 2.75) is 0 Å². The molecule has 0 atom stereocenters. The van der Waals surface area contributed by atoms with E-state index in [2.05, 4.69) is 75.9 Å². The minimum absolute atomic E-state index is 0.558. The van der Waals surface area contributed by atoms with Gasteiger partial charge in [-0.2, -0.15) is 0 Å². The number of fused-ring (bicyclic) bond motifs is 2. The highest BCUT2D eigenvalue weighted by Crippen LogP contribution is 2.45. The number of anilines is 2. The Balaban J connectivity index is 1.51. The molecule has 8 aromatic rings. The fourth-order valence-corrected chi connectivity index (χ4v) is 6.14. The molecule has 0 aliphatic rings. The molecule has 0 saturated carbocycles. The number of nitrogen functional groups attached to an aromatic ring is 2. The highest BCUT2D eigenvalue weighted by Gasteiger charge is 2.27. The number of hydrogen-bond acceptors (Lipinski definition) is 4. The molecule has 4 heterocycles. The van der Waals surface area contributed by atoms with E-state index in [0.717, 1.165) is 67.2 Å². The molecule has 0 fully saturated rings. The number of nitrogens with two attached hydrogens (primary N) is 2. The van der Waals surface area contributed by atoms with Crippen LogP contribution in [0, 0.1) is 0 Å². The molecule has 0 unspecified atom stereocenters. The number of hydrogen-bond donors (Lipinski definition) is 2. The van der Waals surface area contributed by atoms with E-state index >= 15 is 0 Å². The van der Waals surface area contributed by atoms with E-state index in [1.165, 1.54) is 0 Å². The summed E-state index contributed by atoms with van der Waals surface area (Å²) in [6.07, 6.45) is 1.77. The number of benzene rings is 4. The summed E-state index contributed by atoms with van der Waals surface area (Å²) in [6.45, 7) is 0. The number of rotatable bonds is 5. The third kappa shape index (κ3) is 4.04. The van der Waals surface area contributed by atoms with Gasteiger partial charge in [0, 0.05) is 22.8 Å². The first-order valence-electron chi connectivity index (χ1n) is 14.5. The third-order valence-electron chi connectivity index (χ3n) is 8.13. The van der Waals surface area contributed by atoms with E-state index in [1.807, 2.05) is 72.8 Å². The molecule has 0 saturated heterocycles. The Hall–Kier alpha value is -6.14. The van der Waals surface area contributed by atoms with Gasteiger partial charge >= 0.3 is 0 Å². The Morgan fingerprint density at radius 3 is 1.86 bits per heavy atom. The van der Waals surface area contributed by atoms with Crippen LogP contribution in [0.1, 0.15) is 0 Å². The van der Waals surface area contributed by atoms with Crippen LogP contribution in [0.3, 0.4) is 0 Å². The number of pyridine rings is 2. The zero-order chi connectivity index (χ0) is 29.6. The van der Waals surface area contributed by atoms with Gasteiger partial charge in [0.2, 0.25) is 0 Å². The molecule has 6 nitrogen and oxygen atoms in total. The second-order valence-electron chi connectivity index (χ2n) is 10.8. The molecular weight excluding hydrogens is 540 g/mol. The van der Waals surface area contributed by atoms with Gasteiger partial charge in [-0.1, -0.05) is 97.1 Å². The Bertz CT molecular complexity index is 2230. The minimum Gasteiger partial charge on any atom is -0.396 e. The second kappa shape index (κ2) is 10.3. The van der Waals surface area contributed by atoms with Gasteiger partial charge in [0.1, 0.15) is 11.3 Å². The predicted octanol–water partition coefficient (Wildman–Crippen LogP) is 8.53. The average Bonchev–Trinajstić information content (AvgIpc) is 3.55. The van der Waals surface area contributed by atoms with Crippen molar-refractivity contribution in [1.29, 1.82) is 0 Å². The minimum atomic E-state index is 0.558. The van der Waals surface area contributed by atoms with Gasteiger partial charge < -0.3 is 16.0 Å². The molecule has 4 aromatic heterocycles. The van der Waals surface area contributed by atoms with Crippen molar-refractivity contribution in [1.82, 2.24) is 19.1 Å². The van der Waals surface area contributed by atoms with Crippen molar-refractivity contribution >= 4 is 33.3 Å². The summed E-state index contributed by atoms with van der Waals surface area (Å²) in [4.78, 5) is 9.97. The summed E-state index contributed by atoms with van der Waals surface area (Å²) < 4.78 is 4.30. The van der Waals surface area contributed by atoms with Gasteiger partial charge in [0.25, 0.3) is 0 Å². The quantitative estimate of drug-likeness (QED) is 0.218. The van der Waals surface area contributed by atoms with E-state index in [4.69, 9.17) is 21.4 Å². The normalized spacial score (nSPS) is 11.4. The van der Waals surface area contributed by atoms with E-state index in [9.17, 15) is 0 Å². The van der Waals surface area contributed by atoms with Crippen LogP contribution in [0.15, 0.2) is 146 Å². The van der Waals surface area contributed by atoms with Crippen molar-refractivity contribution in [3.63, 3.8) is 0 Å². The summed E-state index contributed by atoms with van der Waals surface area (Å²) in [7, 11) is 0. The molecule has 4 aromatic carbocycles. The van der Waals surface area contributed by atoms with Gasteiger partial charge in [0.15, 0.2) is 0 Å². The molecule has 0 radical (unpaired) electrons. The van der Waals surface area contributed by atoms with Gasteiger partial charge in [-0.25, -0.2) is 4.98 Å². The Morgan fingerprint density at radius 1 is 0.500 bits per heavy atom. The summed E-state index contributed by atoms with van der Waals surface area (Å²) in [5, 5.41) is 0.924. The van der Waals surface area contributed by atoms with Gasteiger partial charge in [0.05, 0.1) is 39.5 Å². The van der Waals surface area contributed by atoms with E-state index in [1.54, 1.807) is 6.20 Å². The molecule has 0 aliphatic carbocycles. The first-order valence-corrected chi connectivity index (χ1v) is 14.5. The number of aromatic nitrogens is 4. The average molecular weight is 569 g/mol. The fraction of sp³-hybridized carbons (Fsp3) is 0. The van der Waals surface area contributed by atoms with Crippen molar-refractivity contribution in [2.75, 3.05) is 11.5 Å². The Labute approximate surface area is 254 Å². The maximum atomic E-state index is 7.11. The highest BCUT2D eigenvalue weighted by molar-refractivity contribution is 6.08. The zero-order valence-electron chi connectivity index (χ0n) is 23.8. The van der Waals surface area contributed by atoms with Crippen LogP contribution in [0.5, 0.6) is 0 Å². The summed E-state index contributed by atoms with van der Waals surface area (Å²) in [5.41, 5.74) is 24.4. The predicted molar refractivity (Wildman–Crippen MR) is 181 cm³/mol. The standard InChI is InChI=1S/C38H28N6/c39-34-29-19-10-11-20-31(29)44(33-24-27(25-13-4-1-5-14-25)23-30(42-33)26-15-6-2-7-16-26)37(34)38-35(40)36-32(21-12-22-41-36)43(38)28-17-8-3-9-18-28/h1-24H,39-40H2. The lowest BCUT2D eigenvalue weighted by molar-refractivity contribution is 1.03. The maximum absolute atomic E-state index is 7.11. The second-order valence-corrected chi connectivity index (χ2v) is 10.8. The molecule has 0 spiro atoms. The van der Waals surface area contributed by atoms with Crippen molar-refractivity contribution < 1.29 is 0 Å². The third-order valence-corrected chi connectivity index (χ3v) is 8.13. The molecule has 0 aliphatic heterocycles. The zero-order valence-corrected chi connectivity index (χ0v) is 23.8. The highest BCUT2D eigenvalue weighted by atomic mass is 15.1. The van der Waals surface area contributed by atoms with Crippen LogP contribution in [0.25, 0.3) is 67.2 Å². The topological polar surface area (TPSA) is 87.7 Å². The number of nitrogens with zero attached hydrogens (tertiary/aromatic N) is 4. The van der Waals surface area contributed by atoms with Crippen LogP contribution in [0.4, 0.5) is 11.4 Å². The fourth-order valence-electron chi connectivity index (χ4n) is 6.14. The number of para-hydroxylation sites is 2. The molecule has 4 N–H and O–H groups in total. The van der Waals surface area contributed by atoms with Gasteiger partial charge in [-0.3, -0.25) is 9.55 Å². The van der Waals surface area contributed by atoms with E-state index in [-0.39, 0.29) is 0 Å². The van der Waals surface area contributed by atoms with Crippen molar-refractivity contribution in [3.8, 4) is 45.3 Å². The van der Waals surface area contributed by atoms with Crippen LogP contribution >= 0.6 is 0 Å². The van der Waals surface area contributed by atoms with Gasteiger partial charge in [-0.15, -0.1) is 0 Å². The molecule has 210 valence electrons. The lowest BCUT2D eigenvalue weighted by Gasteiger charge is -2.17. The van der Waals surface area contributed by atoms with Crippen LogP contribution in [0.2, 0.25) is 0 Å². The lowest BCUT2D eigenvalue weighted by atomic mass is 10.0. The van der Waals surface area contributed by atoms with Gasteiger partial charge in [-0.05, 0) is 53.6 Å². The Kier molecular flexibility index (Phi) is 5.98. The first-order chi connectivity index (χ1) is 21.7. The molecule has 0 amide bonds. The van der Waals surface area contributed by atoms with Crippen molar-refractivity contribution in [3.05, 3.63) is 146 Å². The molecule has 44 heavy (non-hydrogen) atoms. The summed E-state index contributed by atoms with van der Waals surface area (Å²) in [5.74, 6) is 0.741. The van der Waals surface area contributed by atoms with E-state index in [0.29, 0.717) is 11.4 Å². The molecular formula is C38H28N6. The summed E-state index contributed by atoms with van der Waals surface area (Å²) >= 11 is 0. The lowest BCUT2D eigenvalue weighted by Crippen LogP contribution is -2.07. The SMILES string of the molecule is Nc1c(-c2c(N)c3ncccc3n2-c2ccccc2)n(-c2cc(-c3ccccc3)cc(-c3ccccc3)n2)c2ccccc12.